The quantitative estimate of drug-likeness (QED) is 0.723. The summed E-state index contributed by atoms with van der Waals surface area (Å²) in [6.45, 7) is 1.15. The molecule has 1 aromatic heterocycles. The van der Waals surface area contributed by atoms with Crippen LogP contribution in [-0.2, 0) is 21.4 Å². The Balaban J connectivity index is 1.44. The first kappa shape index (κ1) is 17.6. The molecule has 0 spiro atoms. The Morgan fingerprint density at radius 1 is 1.04 bits per heavy atom. The molecule has 140 valence electrons. The van der Waals surface area contributed by atoms with Crippen LogP contribution in [-0.4, -0.2) is 46.7 Å². The Hall–Kier alpha value is -2.78. The maximum Gasteiger partial charge on any atom is 0.246 e. The van der Waals surface area contributed by atoms with E-state index in [9.17, 15) is 13.2 Å². The molecule has 0 unspecified atom stereocenters. The number of sulfonamides is 1. The van der Waals surface area contributed by atoms with Crippen LogP contribution in [0.2, 0.25) is 0 Å². The highest BCUT2D eigenvalue weighted by molar-refractivity contribution is 7.89. The Bertz CT molecular complexity index is 1070. The molecule has 1 amide bonds. The Morgan fingerprint density at radius 2 is 1.74 bits per heavy atom. The second kappa shape index (κ2) is 7.09. The standard InChI is InChI=1S/C18H19N5O3S/c24-18(13-23-17-6-2-1-5-16(17)20-21-23)19-14-7-9-15(10-8-14)27(25,26)22-11-3-4-12-22/h1-2,5-10H,3-4,11-13H2,(H,19,24). The van der Waals surface area contributed by atoms with E-state index < -0.39 is 10.0 Å². The molecule has 0 aliphatic carbocycles. The number of nitrogens with one attached hydrogen (secondary N) is 1. The molecule has 1 N–H and O–H groups in total. The van der Waals surface area contributed by atoms with Gasteiger partial charge in [-0.05, 0) is 49.2 Å². The van der Waals surface area contributed by atoms with Crippen molar-refractivity contribution in [3.05, 3.63) is 48.5 Å². The lowest BCUT2D eigenvalue weighted by atomic mass is 10.3. The van der Waals surface area contributed by atoms with E-state index in [0.717, 1.165) is 23.9 Å². The average molecular weight is 385 g/mol. The summed E-state index contributed by atoms with van der Waals surface area (Å²) in [5.41, 5.74) is 2.03. The highest BCUT2D eigenvalue weighted by Gasteiger charge is 2.26. The van der Waals surface area contributed by atoms with Crippen LogP contribution >= 0.6 is 0 Å². The van der Waals surface area contributed by atoms with Gasteiger partial charge in [0, 0.05) is 18.8 Å². The second-order valence-corrected chi connectivity index (χ2v) is 8.36. The van der Waals surface area contributed by atoms with Crippen molar-refractivity contribution in [2.45, 2.75) is 24.3 Å². The molecule has 1 saturated heterocycles. The van der Waals surface area contributed by atoms with Crippen LogP contribution in [0.25, 0.3) is 11.0 Å². The first-order valence-corrected chi connectivity index (χ1v) is 10.2. The lowest BCUT2D eigenvalue weighted by Crippen LogP contribution is -2.27. The van der Waals surface area contributed by atoms with E-state index >= 15 is 0 Å². The molecule has 1 aliphatic rings. The van der Waals surface area contributed by atoms with Crippen LogP contribution in [0.15, 0.2) is 53.4 Å². The number of carbonyl (C=O) groups excluding carboxylic acids is 1. The van der Waals surface area contributed by atoms with Gasteiger partial charge in [0.15, 0.2) is 0 Å². The first-order valence-electron chi connectivity index (χ1n) is 8.72. The average Bonchev–Trinajstić information content (AvgIpc) is 3.33. The minimum atomic E-state index is -3.45. The van der Waals surface area contributed by atoms with Gasteiger partial charge < -0.3 is 5.32 Å². The summed E-state index contributed by atoms with van der Waals surface area (Å²) in [7, 11) is -3.45. The third-order valence-corrected chi connectivity index (χ3v) is 6.47. The van der Waals surface area contributed by atoms with Crippen molar-refractivity contribution < 1.29 is 13.2 Å². The Morgan fingerprint density at radius 3 is 2.48 bits per heavy atom. The fraction of sp³-hybridized carbons (Fsp3) is 0.278. The lowest BCUT2D eigenvalue weighted by Gasteiger charge is -2.15. The molecule has 9 heteroatoms. The lowest BCUT2D eigenvalue weighted by molar-refractivity contribution is -0.116. The van der Waals surface area contributed by atoms with Crippen LogP contribution in [0.1, 0.15) is 12.8 Å². The van der Waals surface area contributed by atoms with E-state index in [1.54, 1.807) is 12.1 Å². The number of hydrogen-bond donors (Lipinski definition) is 1. The van der Waals surface area contributed by atoms with Gasteiger partial charge in [0.1, 0.15) is 12.1 Å². The molecular weight excluding hydrogens is 366 g/mol. The summed E-state index contributed by atoms with van der Waals surface area (Å²) < 4.78 is 28.1. The number of aromatic nitrogens is 3. The van der Waals surface area contributed by atoms with Crippen LogP contribution in [0.3, 0.4) is 0 Å². The van der Waals surface area contributed by atoms with Crippen molar-refractivity contribution in [3.8, 4) is 0 Å². The topological polar surface area (TPSA) is 97.2 Å². The van der Waals surface area contributed by atoms with Gasteiger partial charge >= 0.3 is 0 Å². The predicted molar refractivity (Wildman–Crippen MR) is 101 cm³/mol. The van der Waals surface area contributed by atoms with Gasteiger partial charge in [0.2, 0.25) is 15.9 Å². The van der Waals surface area contributed by atoms with Crippen molar-refractivity contribution in [1.82, 2.24) is 19.3 Å². The summed E-state index contributed by atoms with van der Waals surface area (Å²) in [6, 6.07) is 13.6. The number of rotatable bonds is 5. The summed E-state index contributed by atoms with van der Waals surface area (Å²) in [6.07, 6.45) is 1.79. The molecule has 0 radical (unpaired) electrons. The molecule has 2 heterocycles. The van der Waals surface area contributed by atoms with E-state index in [2.05, 4.69) is 15.6 Å². The maximum absolute atomic E-state index is 12.5. The third-order valence-electron chi connectivity index (χ3n) is 4.55. The molecular formula is C18H19N5O3S. The fourth-order valence-corrected chi connectivity index (χ4v) is 4.68. The van der Waals surface area contributed by atoms with Crippen LogP contribution in [0.4, 0.5) is 5.69 Å². The molecule has 0 atom stereocenters. The summed E-state index contributed by atoms with van der Waals surface area (Å²) in [5, 5.41) is 10.8. The van der Waals surface area contributed by atoms with Gasteiger partial charge in [-0.1, -0.05) is 17.3 Å². The molecule has 3 aromatic rings. The summed E-state index contributed by atoms with van der Waals surface area (Å²) in [4.78, 5) is 12.5. The zero-order valence-electron chi connectivity index (χ0n) is 14.6. The zero-order valence-corrected chi connectivity index (χ0v) is 15.4. The summed E-state index contributed by atoms with van der Waals surface area (Å²) >= 11 is 0. The number of anilines is 1. The highest BCUT2D eigenvalue weighted by atomic mass is 32.2. The fourth-order valence-electron chi connectivity index (χ4n) is 3.16. The van der Waals surface area contributed by atoms with E-state index in [1.165, 1.54) is 21.1 Å². The first-order chi connectivity index (χ1) is 13.0. The molecule has 4 rings (SSSR count). The van der Waals surface area contributed by atoms with E-state index in [1.807, 2.05) is 24.3 Å². The van der Waals surface area contributed by atoms with Crippen molar-refractivity contribution in [3.63, 3.8) is 0 Å². The second-order valence-electron chi connectivity index (χ2n) is 6.42. The van der Waals surface area contributed by atoms with Crippen LogP contribution in [0, 0.1) is 0 Å². The van der Waals surface area contributed by atoms with Crippen molar-refractivity contribution in [1.29, 1.82) is 0 Å². The summed E-state index contributed by atoms with van der Waals surface area (Å²) in [5.74, 6) is -0.263. The molecule has 0 saturated carbocycles. The van der Waals surface area contributed by atoms with E-state index in [-0.39, 0.29) is 17.3 Å². The third kappa shape index (κ3) is 3.56. The van der Waals surface area contributed by atoms with E-state index in [0.29, 0.717) is 18.8 Å². The van der Waals surface area contributed by atoms with Gasteiger partial charge in [-0.25, -0.2) is 13.1 Å². The Labute approximate surface area is 156 Å². The van der Waals surface area contributed by atoms with Gasteiger partial charge in [-0.2, -0.15) is 4.31 Å². The number of hydrogen-bond acceptors (Lipinski definition) is 5. The van der Waals surface area contributed by atoms with Gasteiger partial charge in [-0.3, -0.25) is 4.79 Å². The maximum atomic E-state index is 12.5. The van der Waals surface area contributed by atoms with Crippen LogP contribution in [0.5, 0.6) is 0 Å². The smallest absolute Gasteiger partial charge is 0.246 e. The largest absolute Gasteiger partial charge is 0.324 e. The molecule has 1 fully saturated rings. The number of amides is 1. The Kier molecular flexibility index (Phi) is 4.63. The van der Waals surface area contributed by atoms with Crippen molar-refractivity contribution in [2.24, 2.45) is 0 Å². The molecule has 2 aromatic carbocycles. The minimum absolute atomic E-state index is 0.0222. The SMILES string of the molecule is O=C(Cn1nnc2ccccc21)Nc1ccc(S(=O)(=O)N2CCCC2)cc1. The number of para-hydroxylation sites is 1. The number of nitrogens with zero attached hydrogens (tertiary/aromatic N) is 4. The molecule has 1 aliphatic heterocycles. The van der Waals surface area contributed by atoms with Gasteiger partial charge in [-0.15, -0.1) is 5.10 Å². The minimum Gasteiger partial charge on any atom is -0.324 e. The number of fused-ring (bicyclic) bond motifs is 1. The van der Waals surface area contributed by atoms with Gasteiger partial charge in [0.05, 0.1) is 10.4 Å². The number of carbonyl (C=O) groups is 1. The van der Waals surface area contributed by atoms with Crippen molar-refractivity contribution >= 4 is 32.7 Å². The normalized spacial score (nSPS) is 15.3. The molecule has 0 bridgehead atoms. The monoisotopic (exact) mass is 385 g/mol. The molecule has 27 heavy (non-hydrogen) atoms. The molecule has 8 nitrogen and oxygen atoms in total. The van der Waals surface area contributed by atoms with Gasteiger partial charge in [0.25, 0.3) is 0 Å². The number of benzene rings is 2. The van der Waals surface area contributed by atoms with Crippen LogP contribution < -0.4 is 5.32 Å². The highest BCUT2D eigenvalue weighted by Crippen LogP contribution is 2.22. The predicted octanol–water partition coefficient (Wildman–Crippen LogP) is 1.85. The van der Waals surface area contributed by atoms with Crippen molar-refractivity contribution in [2.75, 3.05) is 18.4 Å². The zero-order chi connectivity index (χ0) is 18.9. The van der Waals surface area contributed by atoms with E-state index in [4.69, 9.17) is 0 Å².